The van der Waals surface area contributed by atoms with E-state index in [4.69, 9.17) is 9.84 Å². The van der Waals surface area contributed by atoms with Crippen molar-refractivity contribution in [2.45, 2.75) is 0 Å². The van der Waals surface area contributed by atoms with E-state index in [-0.39, 0.29) is 11.3 Å². The first-order valence-corrected chi connectivity index (χ1v) is 7.23. The van der Waals surface area contributed by atoms with Gasteiger partial charge >= 0.3 is 5.97 Å². The normalized spacial score (nSPS) is 10.6. The zero-order valence-corrected chi connectivity index (χ0v) is 12.4. The lowest BCUT2D eigenvalue weighted by atomic mass is 10.1. The number of methoxy groups -OCH3 is 1. The number of ketones is 1. The average molecular weight is 313 g/mol. The molecule has 0 unspecified atom stereocenters. The van der Waals surface area contributed by atoms with Crippen LogP contribution in [-0.4, -0.2) is 29.0 Å². The molecule has 0 fully saturated rings. The van der Waals surface area contributed by atoms with Gasteiger partial charge in [0.15, 0.2) is 5.01 Å². The van der Waals surface area contributed by atoms with E-state index in [0.717, 1.165) is 10.2 Å². The first-order valence-electron chi connectivity index (χ1n) is 6.41. The number of ether oxygens (including phenoxy) is 1. The van der Waals surface area contributed by atoms with Crippen molar-refractivity contribution in [1.82, 2.24) is 4.98 Å². The third-order valence-electron chi connectivity index (χ3n) is 3.18. The molecule has 5 nitrogen and oxygen atoms in total. The van der Waals surface area contributed by atoms with Gasteiger partial charge in [-0.1, -0.05) is 12.1 Å². The summed E-state index contributed by atoms with van der Waals surface area (Å²) in [4.78, 5) is 27.6. The Bertz CT molecular complexity index is 867. The molecule has 1 heterocycles. The van der Waals surface area contributed by atoms with E-state index in [2.05, 4.69) is 4.98 Å². The second kappa shape index (κ2) is 5.57. The number of carboxylic acids is 1. The Kier molecular flexibility index (Phi) is 3.60. The van der Waals surface area contributed by atoms with Crippen LogP contribution in [0.4, 0.5) is 0 Å². The minimum absolute atomic E-state index is 0.144. The highest BCUT2D eigenvalue weighted by atomic mass is 32.1. The molecule has 2 aromatic carbocycles. The Morgan fingerprint density at radius 2 is 1.77 bits per heavy atom. The molecule has 22 heavy (non-hydrogen) atoms. The molecule has 1 N–H and O–H groups in total. The van der Waals surface area contributed by atoms with Gasteiger partial charge in [0, 0.05) is 5.56 Å². The average Bonchev–Trinajstić information content (AvgIpc) is 2.97. The summed E-state index contributed by atoms with van der Waals surface area (Å²) < 4.78 is 6.02. The van der Waals surface area contributed by atoms with Gasteiger partial charge in [-0.05, 0) is 30.3 Å². The van der Waals surface area contributed by atoms with Crippen molar-refractivity contribution < 1.29 is 19.4 Å². The quantitative estimate of drug-likeness (QED) is 0.748. The zero-order chi connectivity index (χ0) is 15.7. The van der Waals surface area contributed by atoms with E-state index >= 15 is 0 Å². The Morgan fingerprint density at radius 1 is 1.09 bits per heavy atom. The van der Waals surface area contributed by atoms with Gasteiger partial charge in [0.2, 0.25) is 5.78 Å². The van der Waals surface area contributed by atoms with Gasteiger partial charge in [-0.25, -0.2) is 9.78 Å². The maximum atomic E-state index is 12.4. The van der Waals surface area contributed by atoms with Gasteiger partial charge in [-0.15, -0.1) is 11.3 Å². The van der Waals surface area contributed by atoms with Crippen LogP contribution in [0, 0.1) is 0 Å². The third kappa shape index (κ3) is 2.56. The molecule has 0 aliphatic heterocycles. The number of hydrogen-bond acceptors (Lipinski definition) is 5. The predicted molar refractivity (Wildman–Crippen MR) is 83.0 cm³/mol. The van der Waals surface area contributed by atoms with Crippen molar-refractivity contribution in [3.63, 3.8) is 0 Å². The predicted octanol–water partition coefficient (Wildman–Crippen LogP) is 3.23. The molecule has 0 amide bonds. The van der Waals surface area contributed by atoms with Crippen LogP contribution in [-0.2, 0) is 0 Å². The molecular weight excluding hydrogens is 302 g/mol. The molecule has 3 rings (SSSR count). The summed E-state index contributed by atoms with van der Waals surface area (Å²) in [5, 5.41) is 9.24. The summed E-state index contributed by atoms with van der Waals surface area (Å²) in [6.07, 6.45) is 0. The highest BCUT2D eigenvalue weighted by molar-refractivity contribution is 7.20. The van der Waals surface area contributed by atoms with Crippen molar-refractivity contribution in [2.24, 2.45) is 0 Å². The number of carbonyl (C=O) groups is 2. The molecule has 0 saturated carbocycles. The highest BCUT2D eigenvalue weighted by Gasteiger charge is 2.15. The minimum Gasteiger partial charge on any atom is -0.497 e. The lowest BCUT2D eigenvalue weighted by molar-refractivity contribution is 0.0696. The van der Waals surface area contributed by atoms with Crippen LogP contribution in [0.3, 0.4) is 0 Å². The molecule has 0 aliphatic carbocycles. The molecule has 0 spiro atoms. The minimum atomic E-state index is -1.02. The van der Waals surface area contributed by atoms with E-state index in [1.165, 1.54) is 35.6 Å². The lowest BCUT2D eigenvalue weighted by Crippen LogP contribution is -2.02. The van der Waals surface area contributed by atoms with E-state index in [1.807, 2.05) is 6.07 Å². The Morgan fingerprint density at radius 3 is 2.41 bits per heavy atom. The number of hydrogen-bond donors (Lipinski definition) is 1. The highest BCUT2D eigenvalue weighted by Crippen LogP contribution is 2.27. The number of aromatic carboxylic acids is 1. The molecule has 3 aromatic rings. The maximum Gasteiger partial charge on any atom is 0.335 e. The summed E-state index contributed by atoms with van der Waals surface area (Å²) in [7, 11) is 1.58. The first kappa shape index (κ1) is 14.2. The molecule has 110 valence electrons. The van der Waals surface area contributed by atoms with Crippen molar-refractivity contribution in [3.8, 4) is 5.75 Å². The van der Waals surface area contributed by atoms with Gasteiger partial charge < -0.3 is 9.84 Å². The topological polar surface area (TPSA) is 76.5 Å². The summed E-state index contributed by atoms with van der Waals surface area (Å²) in [6, 6.07) is 11.2. The molecule has 0 radical (unpaired) electrons. The number of benzene rings is 2. The third-order valence-corrected chi connectivity index (χ3v) is 4.20. The summed E-state index contributed by atoms with van der Waals surface area (Å²) in [5.41, 5.74) is 1.29. The van der Waals surface area contributed by atoms with E-state index in [9.17, 15) is 9.59 Å². The number of nitrogens with zero attached hydrogens (tertiary/aromatic N) is 1. The number of thiazole rings is 1. The monoisotopic (exact) mass is 313 g/mol. The van der Waals surface area contributed by atoms with Crippen LogP contribution in [0.2, 0.25) is 0 Å². The first-order chi connectivity index (χ1) is 10.6. The Balaban J connectivity index is 1.95. The van der Waals surface area contributed by atoms with Crippen LogP contribution >= 0.6 is 11.3 Å². The van der Waals surface area contributed by atoms with Crippen molar-refractivity contribution in [2.75, 3.05) is 7.11 Å². The number of rotatable bonds is 4. The molecular formula is C16H11NO4S. The molecule has 0 aliphatic rings. The number of fused-ring (bicyclic) bond motifs is 1. The fraction of sp³-hybridized carbons (Fsp3) is 0.0625. The fourth-order valence-electron chi connectivity index (χ4n) is 2.02. The molecule has 6 heteroatoms. The summed E-state index contributed by atoms with van der Waals surface area (Å²) in [5.74, 6) is -0.538. The summed E-state index contributed by atoms with van der Waals surface area (Å²) >= 11 is 1.28. The van der Waals surface area contributed by atoms with Crippen molar-refractivity contribution >= 4 is 33.3 Å². The van der Waals surface area contributed by atoms with Crippen LogP contribution in [0.25, 0.3) is 10.2 Å². The van der Waals surface area contributed by atoms with Gasteiger partial charge in [-0.2, -0.15) is 0 Å². The Hall–Kier alpha value is -2.73. The van der Waals surface area contributed by atoms with Crippen LogP contribution < -0.4 is 4.74 Å². The van der Waals surface area contributed by atoms with Gasteiger partial charge in [0.05, 0.1) is 22.9 Å². The standard InChI is InChI=1S/C16H11NO4S/c1-21-11-6-7-12-13(8-11)22-15(17-12)14(18)9-2-4-10(5-3-9)16(19)20/h2-8H,1H3,(H,19,20). The zero-order valence-electron chi connectivity index (χ0n) is 11.6. The van der Waals surface area contributed by atoms with Crippen LogP contribution in [0.15, 0.2) is 42.5 Å². The lowest BCUT2D eigenvalue weighted by Gasteiger charge is -1.98. The number of aromatic nitrogens is 1. The smallest absolute Gasteiger partial charge is 0.335 e. The fourth-order valence-corrected chi connectivity index (χ4v) is 2.97. The Labute approximate surface area is 129 Å². The second-order valence-electron chi connectivity index (χ2n) is 4.56. The molecule has 0 bridgehead atoms. The van der Waals surface area contributed by atoms with E-state index < -0.39 is 5.97 Å². The maximum absolute atomic E-state index is 12.4. The van der Waals surface area contributed by atoms with E-state index in [0.29, 0.717) is 16.3 Å². The summed E-state index contributed by atoms with van der Waals surface area (Å²) in [6.45, 7) is 0. The van der Waals surface area contributed by atoms with Crippen LogP contribution in [0.1, 0.15) is 25.7 Å². The second-order valence-corrected chi connectivity index (χ2v) is 5.59. The number of carbonyl (C=O) groups excluding carboxylic acids is 1. The van der Waals surface area contributed by atoms with Crippen LogP contribution in [0.5, 0.6) is 5.75 Å². The van der Waals surface area contributed by atoms with Gasteiger partial charge in [-0.3, -0.25) is 4.79 Å². The van der Waals surface area contributed by atoms with E-state index in [1.54, 1.807) is 19.2 Å². The molecule has 0 saturated heterocycles. The van der Waals surface area contributed by atoms with Crippen molar-refractivity contribution in [1.29, 1.82) is 0 Å². The largest absolute Gasteiger partial charge is 0.497 e. The SMILES string of the molecule is COc1ccc2nc(C(=O)c3ccc(C(=O)O)cc3)sc2c1. The van der Waals surface area contributed by atoms with Gasteiger partial charge in [0.25, 0.3) is 0 Å². The molecule has 1 aromatic heterocycles. The van der Waals surface area contributed by atoms with Crippen molar-refractivity contribution in [3.05, 3.63) is 58.6 Å². The molecule has 0 atom stereocenters. The van der Waals surface area contributed by atoms with Gasteiger partial charge in [0.1, 0.15) is 5.75 Å². The number of carboxylic acid groups (broad SMARTS) is 1.